The molecular formula is C20H23N5S. The third-order valence-corrected chi connectivity index (χ3v) is 6.71. The van der Waals surface area contributed by atoms with Crippen LogP contribution in [0.15, 0.2) is 35.5 Å². The summed E-state index contributed by atoms with van der Waals surface area (Å²) < 4.78 is 0. The van der Waals surface area contributed by atoms with Gasteiger partial charge in [-0.25, -0.2) is 9.97 Å². The molecule has 2 aliphatic rings. The van der Waals surface area contributed by atoms with Gasteiger partial charge >= 0.3 is 0 Å². The van der Waals surface area contributed by atoms with Crippen molar-refractivity contribution in [1.82, 2.24) is 19.9 Å². The number of nitrogen functional groups attached to an aromatic ring is 1. The molecule has 26 heavy (non-hydrogen) atoms. The normalized spacial score (nSPS) is 21.5. The fourth-order valence-corrected chi connectivity index (χ4v) is 5.22. The Labute approximate surface area is 157 Å². The highest BCUT2D eigenvalue weighted by Crippen LogP contribution is 2.43. The topological polar surface area (TPSA) is 70.8 Å². The molecule has 1 fully saturated rings. The summed E-state index contributed by atoms with van der Waals surface area (Å²) in [5.74, 6) is 0.546. The van der Waals surface area contributed by atoms with Crippen molar-refractivity contribution in [3.05, 3.63) is 41.1 Å². The van der Waals surface area contributed by atoms with Crippen LogP contribution in [-0.2, 0) is 0 Å². The molecule has 0 radical (unpaired) electrons. The lowest BCUT2D eigenvalue weighted by Gasteiger charge is -2.26. The molecule has 0 spiro atoms. The minimum atomic E-state index is 0.468. The van der Waals surface area contributed by atoms with E-state index in [1.807, 2.05) is 24.0 Å². The molecule has 5 heterocycles. The molecule has 2 aliphatic heterocycles. The fourth-order valence-electron chi connectivity index (χ4n) is 4.10. The molecule has 3 aromatic rings. The van der Waals surface area contributed by atoms with Crippen molar-refractivity contribution < 1.29 is 0 Å². The molecule has 3 aromatic heterocycles. The average molecular weight is 366 g/mol. The van der Waals surface area contributed by atoms with E-state index in [0.717, 1.165) is 34.9 Å². The van der Waals surface area contributed by atoms with Gasteiger partial charge in [0.15, 0.2) is 0 Å². The summed E-state index contributed by atoms with van der Waals surface area (Å²) in [6.07, 6.45) is 9.02. The Morgan fingerprint density at radius 3 is 2.88 bits per heavy atom. The number of H-pyrrole nitrogens is 1. The number of aromatic amines is 1. The van der Waals surface area contributed by atoms with E-state index in [2.05, 4.69) is 31.3 Å². The number of nitrogens with one attached hydrogen (secondary N) is 1. The number of likely N-dealkylation sites (tertiary alicyclic amines) is 1. The van der Waals surface area contributed by atoms with Crippen LogP contribution in [0, 0.1) is 0 Å². The van der Waals surface area contributed by atoms with Crippen LogP contribution in [0.3, 0.4) is 0 Å². The smallest absolute Gasteiger partial charge is 0.138 e. The summed E-state index contributed by atoms with van der Waals surface area (Å²) in [5, 5.41) is 5.08. The summed E-state index contributed by atoms with van der Waals surface area (Å²) in [6.45, 7) is 3.64. The SMILES string of the molecule is Nc1cc2c(cn1)[nH]c1ncc(C3CC(CN4CCCCC4)=CS3)cc12. The Morgan fingerprint density at radius 2 is 2.00 bits per heavy atom. The number of aromatic nitrogens is 3. The maximum atomic E-state index is 5.88. The number of hydrogen-bond donors (Lipinski definition) is 2. The molecule has 3 N–H and O–H groups in total. The van der Waals surface area contributed by atoms with Gasteiger partial charge < -0.3 is 10.7 Å². The van der Waals surface area contributed by atoms with Crippen molar-refractivity contribution in [2.45, 2.75) is 30.9 Å². The highest BCUT2D eigenvalue weighted by atomic mass is 32.2. The van der Waals surface area contributed by atoms with E-state index in [1.54, 1.807) is 11.8 Å². The number of anilines is 1. The Bertz CT molecular complexity index is 986. The van der Waals surface area contributed by atoms with Crippen molar-refractivity contribution in [2.75, 3.05) is 25.4 Å². The molecule has 134 valence electrons. The molecule has 1 unspecified atom stereocenters. The van der Waals surface area contributed by atoms with E-state index in [0.29, 0.717) is 11.1 Å². The number of fused-ring (bicyclic) bond motifs is 3. The molecule has 6 heteroatoms. The van der Waals surface area contributed by atoms with Crippen LogP contribution in [0.5, 0.6) is 0 Å². The lowest BCUT2D eigenvalue weighted by molar-refractivity contribution is 0.245. The third kappa shape index (κ3) is 2.97. The van der Waals surface area contributed by atoms with Crippen molar-refractivity contribution >= 4 is 39.5 Å². The van der Waals surface area contributed by atoms with E-state index in [-0.39, 0.29) is 0 Å². The van der Waals surface area contributed by atoms with Gasteiger partial charge in [-0.05, 0) is 61.0 Å². The first kappa shape index (κ1) is 16.1. The zero-order valence-corrected chi connectivity index (χ0v) is 15.6. The number of rotatable bonds is 3. The van der Waals surface area contributed by atoms with Gasteiger partial charge in [0.2, 0.25) is 0 Å². The minimum Gasteiger partial charge on any atom is -0.384 e. The van der Waals surface area contributed by atoms with E-state index in [1.165, 1.54) is 37.9 Å². The lowest BCUT2D eigenvalue weighted by Crippen LogP contribution is -2.31. The molecule has 5 nitrogen and oxygen atoms in total. The van der Waals surface area contributed by atoms with Crippen LogP contribution in [-0.4, -0.2) is 39.5 Å². The fraction of sp³-hybridized carbons (Fsp3) is 0.400. The van der Waals surface area contributed by atoms with Gasteiger partial charge in [-0.2, -0.15) is 0 Å². The zero-order valence-electron chi connectivity index (χ0n) is 14.7. The number of nitrogens with two attached hydrogens (primary N) is 1. The van der Waals surface area contributed by atoms with Crippen LogP contribution in [0.1, 0.15) is 36.5 Å². The number of piperidine rings is 1. The molecule has 0 aliphatic carbocycles. The summed E-state index contributed by atoms with van der Waals surface area (Å²) in [7, 11) is 0. The number of pyridine rings is 2. The van der Waals surface area contributed by atoms with E-state index < -0.39 is 0 Å². The summed E-state index contributed by atoms with van der Waals surface area (Å²) in [6, 6.07) is 4.21. The van der Waals surface area contributed by atoms with Gasteiger partial charge in [0.05, 0.1) is 11.7 Å². The minimum absolute atomic E-state index is 0.468. The van der Waals surface area contributed by atoms with Crippen LogP contribution in [0.4, 0.5) is 5.82 Å². The average Bonchev–Trinajstić information content (AvgIpc) is 3.26. The Hall–Kier alpha value is -2.05. The molecule has 5 rings (SSSR count). The van der Waals surface area contributed by atoms with Gasteiger partial charge in [0, 0.05) is 28.8 Å². The second-order valence-corrected chi connectivity index (χ2v) is 8.46. The van der Waals surface area contributed by atoms with Crippen molar-refractivity contribution in [1.29, 1.82) is 0 Å². The van der Waals surface area contributed by atoms with E-state index in [9.17, 15) is 0 Å². The Balaban J connectivity index is 1.38. The summed E-state index contributed by atoms with van der Waals surface area (Å²) in [5.41, 5.74) is 10.6. The van der Waals surface area contributed by atoms with Crippen LogP contribution in [0.25, 0.3) is 21.9 Å². The van der Waals surface area contributed by atoms with Crippen LogP contribution in [0.2, 0.25) is 0 Å². The molecule has 0 bridgehead atoms. The highest BCUT2D eigenvalue weighted by molar-refractivity contribution is 8.02. The first-order chi connectivity index (χ1) is 12.8. The highest BCUT2D eigenvalue weighted by Gasteiger charge is 2.23. The Morgan fingerprint density at radius 1 is 1.12 bits per heavy atom. The summed E-state index contributed by atoms with van der Waals surface area (Å²) in [4.78, 5) is 14.8. The van der Waals surface area contributed by atoms with Crippen LogP contribution >= 0.6 is 11.8 Å². The standard InChI is InChI=1S/C20H23N5S/c21-19-8-15-16-7-14(9-23-20(16)24-17(15)10-22-19)18-6-13(12-26-18)11-25-4-2-1-3-5-25/h7-10,12,18H,1-6,11H2,(H2,21,22)(H,23,24). The van der Waals surface area contributed by atoms with E-state index in [4.69, 9.17) is 5.73 Å². The quantitative estimate of drug-likeness (QED) is 0.726. The predicted octanol–water partition coefficient (Wildman–Crippen LogP) is 4.24. The first-order valence-electron chi connectivity index (χ1n) is 9.35. The molecule has 0 saturated carbocycles. The number of thioether (sulfide) groups is 1. The molecule has 1 atom stereocenters. The van der Waals surface area contributed by atoms with Gasteiger partial charge in [0.1, 0.15) is 11.5 Å². The number of nitrogens with zero attached hydrogens (tertiary/aromatic N) is 3. The van der Waals surface area contributed by atoms with Gasteiger partial charge in [-0.1, -0.05) is 6.42 Å². The number of hydrogen-bond acceptors (Lipinski definition) is 5. The maximum absolute atomic E-state index is 5.88. The molecule has 0 amide bonds. The van der Waals surface area contributed by atoms with Crippen molar-refractivity contribution in [2.24, 2.45) is 0 Å². The maximum Gasteiger partial charge on any atom is 0.138 e. The van der Waals surface area contributed by atoms with Gasteiger partial charge in [-0.15, -0.1) is 11.8 Å². The second kappa shape index (κ2) is 6.59. The van der Waals surface area contributed by atoms with Gasteiger partial charge in [0.25, 0.3) is 0 Å². The molecule has 0 aromatic carbocycles. The third-order valence-electron chi connectivity index (χ3n) is 5.47. The molecular weight excluding hydrogens is 342 g/mol. The second-order valence-electron chi connectivity index (χ2n) is 7.39. The molecule has 1 saturated heterocycles. The van der Waals surface area contributed by atoms with Crippen molar-refractivity contribution in [3.63, 3.8) is 0 Å². The van der Waals surface area contributed by atoms with E-state index >= 15 is 0 Å². The predicted molar refractivity (Wildman–Crippen MR) is 109 cm³/mol. The van der Waals surface area contributed by atoms with Crippen LogP contribution < -0.4 is 5.73 Å². The van der Waals surface area contributed by atoms with Crippen molar-refractivity contribution in [3.8, 4) is 0 Å². The zero-order chi connectivity index (χ0) is 17.5. The Kier molecular flexibility index (Phi) is 4.10. The monoisotopic (exact) mass is 365 g/mol. The van der Waals surface area contributed by atoms with Gasteiger partial charge in [-0.3, -0.25) is 4.90 Å². The lowest BCUT2D eigenvalue weighted by atomic mass is 10.0. The largest absolute Gasteiger partial charge is 0.384 e. The summed E-state index contributed by atoms with van der Waals surface area (Å²) >= 11 is 1.94. The first-order valence-corrected chi connectivity index (χ1v) is 10.3.